The van der Waals surface area contributed by atoms with Crippen LogP contribution < -0.4 is 9.75 Å². The molecule has 0 bridgehead atoms. The highest BCUT2D eigenvalue weighted by atomic mass is 32.2. The number of ether oxygens (including phenoxy) is 2. The molecule has 178 valence electrons. The van der Waals surface area contributed by atoms with Gasteiger partial charge in [0.15, 0.2) is 26.4 Å². The molecule has 1 saturated heterocycles. The largest absolute Gasteiger partial charge is 0.473 e. The van der Waals surface area contributed by atoms with Gasteiger partial charge in [0, 0.05) is 38.4 Å². The first kappa shape index (κ1) is 23.0. The lowest BCUT2D eigenvalue weighted by atomic mass is 10.1. The van der Waals surface area contributed by atoms with Gasteiger partial charge in [0.2, 0.25) is 5.88 Å². The summed E-state index contributed by atoms with van der Waals surface area (Å²) in [5.41, 5.74) is 0.870. The van der Waals surface area contributed by atoms with Gasteiger partial charge in [-0.2, -0.15) is 4.98 Å². The summed E-state index contributed by atoms with van der Waals surface area (Å²) in [5, 5.41) is 0.668. The van der Waals surface area contributed by atoms with E-state index in [0.717, 1.165) is 0 Å². The van der Waals surface area contributed by atoms with E-state index in [1.165, 1.54) is 18.9 Å². The smallest absolute Gasteiger partial charge is 0.409 e. The molecular formula is C21H28N6O5S. The van der Waals surface area contributed by atoms with Crippen molar-refractivity contribution in [3.8, 4) is 5.88 Å². The molecule has 0 radical (unpaired) electrons. The molecule has 2 aromatic rings. The maximum Gasteiger partial charge on any atom is 0.409 e. The molecule has 1 amide bonds. The number of nitrogens with zero attached hydrogens (tertiary/aromatic N) is 6. The standard InChI is InChI=1S/C21H28N6O5S/c1-15(2)12-31-21(28)25-10-7-16(8-11-25)32-20-18-19(22-13-23-20)27(14-24-18)26-9-5-4-6-17(26)33(3,29)30/h4-6,9,13-17H,7-8,10-12H2,1-3H3. The third-order valence-electron chi connectivity index (χ3n) is 5.38. The van der Waals surface area contributed by atoms with Gasteiger partial charge in [-0.1, -0.05) is 19.9 Å². The van der Waals surface area contributed by atoms with Crippen molar-refractivity contribution in [2.45, 2.75) is 38.2 Å². The summed E-state index contributed by atoms with van der Waals surface area (Å²) in [7, 11) is -3.40. The SMILES string of the molecule is CC(C)COC(=O)N1CCC(Oc2ncnc3c2ncn3N2C=CC=CC2S(C)(=O)=O)CC1. The number of sulfone groups is 1. The summed E-state index contributed by atoms with van der Waals surface area (Å²) in [6.07, 6.45) is 11.6. The normalized spacial score (nSPS) is 19.5. The number of aromatic nitrogens is 4. The van der Waals surface area contributed by atoms with E-state index in [0.29, 0.717) is 55.5 Å². The van der Waals surface area contributed by atoms with Crippen molar-refractivity contribution in [1.29, 1.82) is 0 Å². The molecule has 1 fully saturated rings. The van der Waals surface area contributed by atoms with Crippen molar-refractivity contribution in [1.82, 2.24) is 24.5 Å². The van der Waals surface area contributed by atoms with E-state index in [9.17, 15) is 13.2 Å². The van der Waals surface area contributed by atoms with Gasteiger partial charge in [0.05, 0.1) is 6.61 Å². The number of carbonyl (C=O) groups excluding carboxylic acids is 1. The number of hydrogen-bond acceptors (Lipinski definition) is 9. The van der Waals surface area contributed by atoms with Crippen molar-refractivity contribution >= 4 is 27.1 Å². The summed E-state index contributed by atoms with van der Waals surface area (Å²) < 4.78 is 37.5. The van der Waals surface area contributed by atoms with Crippen LogP contribution in [0.5, 0.6) is 5.88 Å². The lowest BCUT2D eigenvalue weighted by Crippen LogP contribution is -2.43. The minimum Gasteiger partial charge on any atom is -0.473 e. The number of imidazole rings is 1. The Labute approximate surface area is 192 Å². The van der Waals surface area contributed by atoms with Gasteiger partial charge < -0.3 is 14.4 Å². The van der Waals surface area contributed by atoms with Crippen LogP contribution >= 0.6 is 0 Å². The van der Waals surface area contributed by atoms with Gasteiger partial charge in [-0.25, -0.2) is 27.9 Å². The Kier molecular flexibility index (Phi) is 6.54. The quantitative estimate of drug-likeness (QED) is 0.615. The zero-order chi connectivity index (χ0) is 23.6. The summed E-state index contributed by atoms with van der Waals surface area (Å²) >= 11 is 0. The number of carbonyl (C=O) groups is 1. The number of rotatable bonds is 6. The average molecular weight is 477 g/mol. The number of likely N-dealkylation sites (tertiary alicyclic amines) is 1. The first-order valence-electron chi connectivity index (χ1n) is 10.8. The maximum atomic E-state index is 12.3. The van der Waals surface area contributed by atoms with Crippen LogP contribution in [0.1, 0.15) is 26.7 Å². The van der Waals surface area contributed by atoms with E-state index in [2.05, 4.69) is 15.0 Å². The number of piperidine rings is 1. The number of hydrogen-bond donors (Lipinski definition) is 0. The molecule has 4 heterocycles. The molecule has 1 unspecified atom stereocenters. The molecule has 0 aromatic carbocycles. The van der Waals surface area contributed by atoms with Gasteiger partial charge in [-0.3, -0.25) is 5.01 Å². The number of allylic oxidation sites excluding steroid dienone is 2. The minimum atomic E-state index is -3.40. The van der Waals surface area contributed by atoms with Crippen LogP contribution in [0.4, 0.5) is 4.79 Å². The zero-order valence-electron chi connectivity index (χ0n) is 18.9. The Bertz CT molecular complexity index is 1170. The minimum absolute atomic E-state index is 0.135. The molecule has 11 nitrogen and oxygen atoms in total. The first-order valence-corrected chi connectivity index (χ1v) is 12.8. The van der Waals surface area contributed by atoms with E-state index in [1.54, 1.807) is 39.0 Å². The predicted molar refractivity (Wildman–Crippen MR) is 122 cm³/mol. The second kappa shape index (κ2) is 9.38. The maximum absolute atomic E-state index is 12.3. The van der Waals surface area contributed by atoms with E-state index < -0.39 is 15.2 Å². The predicted octanol–water partition coefficient (Wildman–Crippen LogP) is 1.85. The fourth-order valence-electron chi connectivity index (χ4n) is 3.70. The third-order valence-corrected chi connectivity index (χ3v) is 6.63. The Morgan fingerprint density at radius 2 is 1.94 bits per heavy atom. The molecular weight excluding hydrogens is 448 g/mol. The summed E-state index contributed by atoms with van der Waals surface area (Å²) in [4.78, 5) is 26.8. The topological polar surface area (TPSA) is 120 Å². The lowest BCUT2D eigenvalue weighted by molar-refractivity contribution is 0.0610. The fraction of sp³-hybridized carbons (Fsp3) is 0.524. The van der Waals surface area contributed by atoms with Crippen LogP contribution in [-0.4, -0.2) is 76.5 Å². The summed E-state index contributed by atoms with van der Waals surface area (Å²) in [6.45, 7) is 5.46. The van der Waals surface area contributed by atoms with Crippen LogP contribution in [0.2, 0.25) is 0 Å². The Morgan fingerprint density at radius 1 is 1.18 bits per heavy atom. The number of amides is 1. The molecule has 2 aromatic heterocycles. The monoisotopic (exact) mass is 476 g/mol. The van der Waals surface area contributed by atoms with Crippen molar-refractivity contribution in [2.24, 2.45) is 5.92 Å². The summed E-state index contributed by atoms with van der Waals surface area (Å²) in [5.74, 6) is 0.617. The van der Waals surface area contributed by atoms with E-state index in [4.69, 9.17) is 9.47 Å². The molecule has 2 aliphatic rings. The highest BCUT2D eigenvalue weighted by Gasteiger charge is 2.29. The van der Waals surface area contributed by atoms with Gasteiger partial charge in [0.25, 0.3) is 0 Å². The summed E-state index contributed by atoms with van der Waals surface area (Å²) in [6, 6.07) is 0. The third kappa shape index (κ3) is 5.10. The van der Waals surface area contributed by atoms with Crippen LogP contribution in [0.25, 0.3) is 11.2 Å². The van der Waals surface area contributed by atoms with E-state index >= 15 is 0 Å². The van der Waals surface area contributed by atoms with E-state index in [-0.39, 0.29) is 12.2 Å². The van der Waals surface area contributed by atoms with Crippen molar-refractivity contribution in [3.63, 3.8) is 0 Å². The molecule has 1 atom stereocenters. The van der Waals surface area contributed by atoms with Crippen LogP contribution in [0.15, 0.2) is 37.1 Å². The molecule has 0 saturated carbocycles. The molecule has 0 N–H and O–H groups in total. The molecule has 33 heavy (non-hydrogen) atoms. The highest BCUT2D eigenvalue weighted by Crippen LogP contribution is 2.25. The molecule has 0 spiro atoms. The second-order valence-corrected chi connectivity index (χ2v) is 10.7. The van der Waals surface area contributed by atoms with Crippen molar-refractivity contribution in [3.05, 3.63) is 37.1 Å². The van der Waals surface area contributed by atoms with Crippen LogP contribution in [0.3, 0.4) is 0 Å². The van der Waals surface area contributed by atoms with Gasteiger partial charge >= 0.3 is 6.09 Å². The first-order chi connectivity index (χ1) is 15.7. The van der Waals surface area contributed by atoms with E-state index in [1.807, 2.05) is 13.8 Å². The second-order valence-electron chi connectivity index (χ2n) is 8.54. The van der Waals surface area contributed by atoms with Crippen molar-refractivity contribution in [2.75, 3.05) is 31.0 Å². The Balaban J connectivity index is 1.47. The molecule has 12 heteroatoms. The van der Waals surface area contributed by atoms with Gasteiger partial charge in [0.1, 0.15) is 18.8 Å². The van der Waals surface area contributed by atoms with Crippen LogP contribution in [-0.2, 0) is 14.6 Å². The molecule has 4 rings (SSSR count). The van der Waals surface area contributed by atoms with Gasteiger partial charge in [-0.05, 0) is 18.1 Å². The van der Waals surface area contributed by atoms with Crippen molar-refractivity contribution < 1.29 is 22.7 Å². The lowest BCUT2D eigenvalue weighted by Gasteiger charge is -2.31. The molecule has 0 aliphatic carbocycles. The fourth-order valence-corrected chi connectivity index (χ4v) is 4.64. The van der Waals surface area contributed by atoms with Crippen LogP contribution in [0, 0.1) is 5.92 Å². The molecule has 2 aliphatic heterocycles. The average Bonchev–Trinajstić information content (AvgIpc) is 3.22. The van der Waals surface area contributed by atoms with Gasteiger partial charge in [-0.15, -0.1) is 0 Å². The Hall–Kier alpha value is -3.15. The number of fused-ring (bicyclic) bond motifs is 1. The highest BCUT2D eigenvalue weighted by molar-refractivity contribution is 7.91. The Morgan fingerprint density at radius 3 is 2.64 bits per heavy atom. The zero-order valence-corrected chi connectivity index (χ0v) is 19.7.